The van der Waals surface area contributed by atoms with E-state index in [4.69, 9.17) is 5.73 Å². The summed E-state index contributed by atoms with van der Waals surface area (Å²) in [6, 6.07) is 15.3. The first-order chi connectivity index (χ1) is 23.1. The minimum atomic E-state index is -0.167. The topological polar surface area (TPSA) is 61.4 Å². The number of benzene rings is 2. The van der Waals surface area contributed by atoms with Crippen LogP contribution in [-0.2, 0) is 15.6 Å². The highest BCUT2D eigenvalue weighted by molar-refractivity contribution is 6.03. The van der Waals surface area contributed by atoms with Crippen molar-refractivity contribution in [3.8, 4) is 0 Å². The van der Waals surface area contributed by atoms with Crippen LogP contribution in [0.1, 0.15) is 77.0 Å². The molecule has 0 spiro atoms. The molecule has 7 nitrogen and oxygen atoms in total. The van der Waals surface area contributed by atoms with Crippen LogP contribution in [0.15, 0.2) is 66.4 Å². The van der Waals surface area contributed by atoms with E-state index in [-0.39, 0.29) is 16.7 Å². The Morgan fingerprint density at radius 3 is 2.18 bits per heavy atom. The maximum Gasteiger partial charge on any atom is 0.221 e. The molecule has 0 saturated carbocycles. The molecule has 0 aliphatic carbocycles. The highest BCUT2D eigenvalue weighted by atomic mass is 16.1. The number of aryl methyl sites for hydroxylation is 1. The number of carbonyl (C=O) groups is 1. The standard InChI is InChI=1S/C42H66N6O/c1-11-45-37(42(5,6)35-21-14-19-33(2)40(35)45)23-15-24-38-41(3,4)34-20-12-13-22-36(34)46(38)28-25-39(49)44-27-17-30-48(9,10)32-18-31-47(7,8)29-16-26-43/h12-15,19-24H,11,16-18,25-32,43H2,1-10H3/q+2/p+1. The molecule has 1 amide bonds. The van der Waals surface area contributed by atoms with Crippen molar-refractivity contribution in [2.75, 3.05) is 85.4 Å². The van der Waals surface area contributed by atoms with E-state index in [0.717, 1.165) is 61.1 Å². The Kier molecular flexibility index (Phi) is 12.4. The molecule has 0 unspecified atom stereocenters. The van der Waals surface area contributed by atoms with Crippen LogP contribution >= 0.6 is 0 Å². The van der Waals surface area contributed by atoms with Gasteiger partial charge in [0, 0.05) is 72.8 Å². The van der Waals surface area contributed by atoms with E-state index in [1.807, 2.05) is 0 Å². The summed E-state index contributed by atoms with van der Waals surface area (Å²) in [5, 5.41) is 3.22. The van der Waals surface area contributed by atoms with Gasteiger partial charge in [0.05, 0.1) is 59.8 Å². The molecule has 7 heteroatoms. The highest BCUT2D eigenvalue weighted by Crippen LogP contribution is 2.48. The summed E-state index contributed by atoms with van der Waals surface area (Å²) in [6.07, 6.45) is 10.5. The molecular formula is C42H67N6O+3. The maximum absolute atomic E-state index is 13.1. The van der Waals surface area contributed by atoms with Gasteiger partial charge in [-0.3, -0.25) is 4.79 Å². The molecule has 2 heterocycles. The number of carbonyl (C=O) groups excluding carboxylic acids is 1. The molecule has 2 aliphatic rings. The van der Waals surface area contributed by atoms with Crippen LogP contribution in [0.25, 0.3) is 0 Å². The van der Waals surface area contributed by atoms with Crippen molar-refractivity contribution >= 4 is 23.0 Å². The summed E-state index contributed by atoms with van der Waals surface area (Å²) < 4.78 is 4.48. The van der Waals surface area contributed by atoms with Crippen molar-refractivity contribution in [1.29, 1.82) is 0 Å². The zero-order valence-corrected chi connectivity index (χ0v) is 32.5. The van der Waals surface area contributed by atoms with Crippen molar-refractivity contribution < 1.29 is 18.3 Å². The second-order valence-corrected chi connectivity index (χ2v) is 16.6. The zero-order valence-electron chi connectivity index (χ0n) is 32.5. The quantitative estimate of drug-likeness (QED) is 0.116. The van der Waals surface area contributed by atoms with Gasteiger partial charge in [0.15, 0.2) is 5.71 Å². The number of fused-ring (bicyclic) bond motifs is 2. The first kappa shape index (κ1) is 38.5. The smallest absolute Gasteiger partial charge is 0.221 e. The normalized spacial score (nSPS) is 17.7. The number of amides is 1. The molecular weight excluding hydrogens is 605 g/mol. The lowest BCUT2D eigenvalue weighted by atomic mass is 9.80. The summed E-state index contributed by atoms with van der Waals surface area (Å²) in [6.45, 7) is 21.3. The van der Waals surface area contributed by atoms with E-state index >= 15 is 0 Å². The molecule has 0 bridgehead atoms. The predicted octanol–water partition coefficient (Wildman–Crippen LogP) is 6.42. The average molecular weight is 672 g/mol. The zero-order chi connectivity index (χ0) is 36.0. The molecule has 4 rings (SSSR count). The van der Waals surface area contributed by atoms with E-state index in [0.29, 0.717) is 13.0 Å². The number of nitrogens with one attached hydrogen (secondary N) is 1. The second-order valence-electron chi connectivity index (χ2n) is 16.6. The number of allylic oxidation sites excluding steroid dienone is 4. The molecule has 3 N–H and O–H groups in total. The number of nitrogens with two attached hydrogens (primary N) is 1. The van der Waals surface area contributed by atoms with E-state index in [9.17, 15) is 4.79 Å². The van der Waals surface area contributed by atoms with E-state index in [2.05, 4.69) is 145 Å². The van der Waals surface area contributed by atoms with Crippen molar-refractivity contribution in [3.05, 3.63) is 83.1 Å². The van der Waals surface area contributed by atoms with E-state index in [1.165, 1.54) is 52.4 Å². The molecule has 0 fully saturated rings. The van der Waals surface area contributed by atoms with Crippen molar-refractivity contribution in [2.24, 2.45) is 5.73 Å². The highest BCUT2D eigenvalue weighted by Gasteiger charge is 2.44. The molecule has 0 radical (unpaired) electrons. The minimum absolute atomic E-state index is 0.0763. The predicted molar refractivity (Wildman–Crippen MR) is 208 cm³/mol. The monoisotopic (exact) mass is 672 g/mol. The van der Waals surface area contributed by atoms with Crippen LogP contribution in [0.3, 0.4) is 0 Å². The van der Waals surface area contributed by atoms with Gasteiger partial charge in [-0.15, -0.1) is 0 Å². The van der Waals surface area contributed by atoms with Crippen LogP contribution < -0.4 is 16.0 Å². The Morgan fingerprint density at radius 1 is 0.878 bits per heavy atom. The minimum Gasteiger partial charge on any atom is -0.356 e. The van der Waals surface area contributed by atoms with E-state index in [1.54, 1.807) is 0 Å². The third-order valence-corrected chi connectivity index (χ3v) is 11.1. The molecule has 0 saturated heterocycles. The first-order valence-electron chi connectivity index (χ1n) is 18.7. The van der Waals surface area contributed by atoms with Gasteiger partial charge in [-0.25, -0.2) is 0 Å². The Morgan fingerprint density at radius 2 is 1.51 bits per heavy atom. The molecule has 0 aromatic heterocycles. The molecule has 268 valence electrons. The lowest BCUT2D eigenvalue weighted by Crippen LogP contribution is -2.46. The summed E-state index contributed by atoms with van der Waals surface area (Å²) in [5.41, 5.74) is 14.6. The summed E-state index contributed by atoms with van der Waals surface area (Å²) in [7, 11) is 9.22. The van der Waals surface area contributed by atoms with Crippen LogP contribution in [0.4, 0.5) is 11.4 Å². The largest absolute Gasteiger partial charge is 0.356 e. The van der Waals surface area contributed by atoms with Gasteiger partial charge in [0.2, 0.25) is 11.6 Å². The summed E-state index contributed by atoms with van der Waals surface area (Å²) in [5.74, 6) is 0.122. The molecule has 2 aromatic rings. The van der Waals surface area contributed by atoms with Gasteiger partial charge in [-0.2, -0.15) is 4.58 Å². The number of anilines is 1. The molecule has 2 aromatic carbocycles. The lowest BCUT2D eigenvalue weighted by Gasteiger charge is -2.33. The fourth-order valence-electron chi connectivity index (χ4n) is 8.06. The van der Waals surface area contributed by atoms with Gasteiger partial charge in [0.25, 0.3) is 0 Å². The maximum atomic E-state index is 13.1. The SMILES string of the molecule is CC[N+]1=C(C=CC=C2N(CCC(=O)NCCC[N+](C)(C)CCC[N+](C)(C)CCCN)c3ccccc3C2(C)C)C(C)(C)c2cccc(C)c21. The van der Waals surface area contributed by atoms with Gasteiger partial charge in [0.1, 0.15) is 6.54 Å². The Hall–Kier alpha value is -3.26. The van der Waals surface area contributed by atoms with Crippen LogP contribution in [0, 0.1) is 6.92 Å². The molecule has 0 atom stereocenters. The van der Waals surface area contributed by atoms with Gasteiger partial charge < -0.3 is 24.9 Å². The molecule has 49 heavy (non-hydrogen) atoms. The second kappa shape index (κ2) is 15.7. The van der Waals surface area contributed by atoms with Crippen LogP contribution in [0.2, 0.25) is 0 Å². The number of para-hydroxylation sites is 2. The van der Waals surface area contributed by atoms with Crippen LogP contribution in [-0.4, -0.2) is 106 Å². The van der Waals surface area contributed by atoms with Gasteiger partial charge >= 0.3 is 0 Å². The van der Waals surface area contributed by atoms with E-state index < -0.39 is 0 Å². The number of quaternary nitrogens is 2. The number of nitrogens with zero attached hydrogens (tertiary/aromatic N) is 4. The van der Waals surface area contributed by atoms with Crippen molar-refractivity contribution in [3.63, 3.8) is 0 Å². The number of rotatable bonds is 17. The Balaban J connectivity index is 1.38. The van der Waals surface area contributed by atoms with Crippen LogP contribution in [0.5, 0.6) is 0 Å². The third-order valence-electron chi connectivity index (χ3n) is 11.1. The van der Waals surface area contributed by atoms with Gasteiger partial charge in [-0.1, -0.05) is 56.3 Å². The average Bonchev–Trinajstić information content (AvgIpc) is 3.40. The van der Waals surface area contributed by atoms with Crippen molar-refractivity contribution in [2.45, 2.75) is 78.1 Å². The Labute approximate surface area is 298 Å². The lowest BCUT2D eigenvalue weighted by molar-refractivity contribution is -0.909. The summed E-state index contributed by atoms with van der Waals surface area (Å²) >= 11 is 0. The summed E-state index contributed by atoms with van der Waals surface area (Å²) in [4.78, 5) is 15.5. The number of hydrogen-bond donors (Lipinski definition) is 2. The van der Waals surface area contributed by atoms with Crippen molar-refractivity contribution in [1.82, 2.24) is 5.32 Å². The van der Waals surface area contributed by atoms with Gasteiger partial charge in [-0.05, 0) is 51.9 Å². The fraction of sp³-hybridized carbons (Fsp3) is 0.571. The molecule has 2 aliphatic heterocycles. The first-order valence-corrected chi connectivity index (χ1v) is 18.7. The number of hydrogen-bond acceptors (Lipinski definition) is 3. The fourth-order valence-corrected chi connectivity index (χ4v) is 8.06. The Bertz CT molecular complexity index is 1560. The third kappa shape index (κ3) is 8.92.